The number of sulfone groups is 1. The SMILES string of the molecule is CCOCc1nc2c(N)nc3ccccc3c2n1CC1(CS(C)(=O)=O)CCOCC1. The molecule has 30 heavy (non-hydrogen) atoms. The summed E-state index contributed by atoms with van der Waals surface area (Å²) in [5.41, 5.74) is 8.13. The molecule has 0 saturated carbocycles. The topological polar surface area (TPSA) is 109 Å². The first-order chi connectivity index (χ1) is 14.3. The summed E-state index contributed by atoms with van der Waals surface area (Å²) in [4.78, 5) is 9.27. The van der Waals surface area contributed by atoms with Gasteiger partial charge in [0.2, 0.25) is 0 Å². The van der Waals surface area contributed by atoms with E-state index in [1.54, 1.807) is 0 Å². The maximum Gasteiger partial charge on any atom is 0.152 e. The van der Waals surface area contributed by atoms with E-state index in [0.717, 1.165) is 22.2 Å². The first kappa shape index (κ1) is 21.0. The van der Waals surface area contributed by atoms with Crippen molar-refractivity contribution in [1.29, 1.82) is 0 Å². The Labute approximate surface area is 176 Å². The lowest BCUT2D eigenvalue weighted by Gasteiger charge is -2.37. The van der Waals surface area contributed by atoms with Crippen LogP contribution in [0.1, 0.15) is 25.6 Å². The molecular weight excluding hydrogens is 404 g/mol. The van der Waals surface area contributed by atoms with Crippen molar-refractivity contribution in [3.8, 4) is 0 Å². The van der Waals surface area contributed by atoms with E-state index >= 15 is 0 Å². The number of anilines is 1. The Balaban J connectivity index is 1.92. The predicted molar refractivity (Wildman–Crippen MR) is 117 cm³/mol. The summed E-state index contributed by atoms with van der Waals surface area (Å²) in [5.74, 6) is 1.20. The zero-order chi connectivity index (χ0) is 21.4. The van der Waals surface area contributed by atoms with Gasteiger partial charge in [-0.25, -0.2) is 18.4 Å². The smallest absolute Gasteiger partial charge is 0.152 e. The van der Waals surface area contributed by atoms with Crippen LogP contribution in [0, 0.1) is 5.41 Å². The molecule has 9 heteroatoms. The lowest BCUT2D eigenvalue weighted by Crippen LogP contribution is -2.40. The second-order valence-electron chi connectivity index (χ2n) is 8.15. The Morgan fingerprint density at radius 3 is 2.67 bits per heavy atom. The molecule has 2 aromatic heterocycles. The van der Waals surface area contributed by atoms with Gasteiger partial charge in [0.05, 0.1) is 16.8 Å². The van der Waals surface area contributed by atoms with Crippen molar-refractivity contribution in [3.05, 3.63) is 30.1 Å². The summed E-state index contributed by atoms with van der Waals surface area (Å²) in [7, 11) is -3.18. The molecule has 0 amide bonds. The van der Waals surface area contributed by atoms with Crippen molar-refractivity contribution in [2.24, 2.45) is 5.41 Å². The Bertz CT molecular complexity index is 1170. The normalized spacial score (nSPS) is 17.0. The van der Waals surface area contributed by atoms with E-state index in [9.17, 15) is 8.42 Å². The van der Waals surface area contributed by atoms with E-state index in [4.69, 9.17) is 20.2 Å². The van der Waals surface area contributed by atoms with Crippen LogP contribution in [-0.4, -0.2) is 54.8 Å². The summed E-state index contributed by atoms with van der Waals surface area (Å²) in [6.45, 7) is 4.42. The molecule has 3 aromatic rings. The lowest BCUT2D eigenvalue weighted by molar-refractivity contribution is 0.0165. The number of aromatic nitrogens is 3. The van der Waals surface area contributed by atoms with Gasteiger partial charge in [0, 0.05) is 43.4 Å². The van der Waals surface area contributed by atoms with E-state index < -0.39 is 15.3 Å². The van der Waals surface area contributed by atoms with Gasteiger partial charge in [-0.2, -0.15) is 0 Å². The van der Waals surface area contributed by atoms with E-state index in [0.29, 0.717) is 57.1 Å². The molecule has 0 unspecified atom stereocenters. The molecule has 3 heterocycles. The minimum atomic E-state index is -3.18. The summed E-state index contributed by atoms with van der Waals surface area (Å²) in [5, 5.41) is 0.943. The number of nitrogens with zero attached hydrogens (tertiary/aromatic N) is 3. The number of benzene rings is 1. The molecular formula is C21H28N4O4S. The average Bonchev–Trinajstić information content (AvgIpc) is 3.04. The minimum absolute atomic E-state index is 0.107. The van der Waals surface area contributed by atoms with E-state index in [1.807, 2.05) is 31.2 Å². The third-order valence-corrected chi connectivity index (χ3v) is 6.88. The Hall–Kier alpha value is -2.23. The molecule has 1 saturated heterocycles. The fraction of sp³-hybridized carbons (Fsp3) is 0.524. The summed E-state index contributed by atoms with van der Waals surface area (Å²) < 4.78 is 37.9. The first-order valence-electron chi connectivity index (χ1n) is 10.2. The van der Waals surface area contributed by atoms with Crippen LogP contribution in [-0.2, 0) is 32.5 Å². The van der Waals surface area contributed by atoms with Gasteiger partial charge in [0.15, 0.2) is 5.82 Å². The zero-order valence-corrected chi connectivity index (χ0v) is 18.2. The monoisotopic (exact) mass is 432 g/mol. The summed E-state index contributed by atoms with van der Waals surface area (Å²) in [6, 6.07) is 7.80. The van der Waals surface area contributed by atoms with Crippen molar-refractivity contribution in [3.63, 3.8) is 0 Å². The molecule has 0 bridgehead atoms. The summed E-state index contributed by atoms with van der Waals surface area (Å²) in [6.07, 6.45) is 2.65. The lowest BCUT2D eigenvalue weighted by atomic mass is 9.82. The number of hydrogen-bond donors (Lipinski definition) is 1. The van der Waals surface area contributed by atoms with Crippen LogP contribution in [0.5, 0.6) is 0 Å². The van der Waals surface area contributed by atoms with Crippen LogP contribution >= 0.6 is 0 Å². The number of imidazole rings is 1. The molecule has 1 aromatic carbocycles. The highest BCUT2D eigenvalue weighted by Crippen LogP contribution is 2.37. The number of para-hydroxylation sites is 1. The maximum atomic E-state index is 12.3. The average molecular weight is 433 g/mol. The van der Waals surface area contributed by atoms with Crippen LogP contribution < -0.4 is 5.73 Å². The predicted octanol–water partition coefficient (Wildman–Crippen LogP) is 2.54. The van der Waals surface area contributed by atoms with E-state index in [2.05, 4.69) is 9.55 Å². The van der Waals surface area contributed by atoms with E-state index in [1.165, 1.54) is 6.26 Å². The van der Waals surface area contributed by atoms with Crippen molar-refractivity contribution in [2.75, 3.05) is 37.6 Å². The maximum absolute atomic E-state index is 12.3. The molecule has 4 rings (SSSR count). The van der Waals surface area contributed by atoms with Gasteiger partial charge in [-0.1, -0.05) is 18.2 Å². The van der Waals surface area contributed by atoms with Crippen LogP contribution in [0.25, 0.3) is 21.9 Å². The fourth-order valence-corrected chi connectivity index (χ4v) is 5.92. The number of nitrogens with two attached hydrogens (primary N) is 1. The molecule has 8 nitrogen and oxygen atoms in total. The van der Waals surface area contributed by atoms with Gasteiger partial charge < -0.3 is 19.8 Å². The van der Waals surface area contributed by atoms with Crippen molar-refractivity contribution in [2.45, 2.75) is 32.9 Å². The van der Waals surface area contributed by atoms with E-state index in [-0.39, 0.29) is 5.75 Å². The zero-order valence-electron chi connectivity index (χ0n) is 17.4. The Morgan fingerprint density at radius 1 is 1.23 bits per heavy atom. The van der Waals surface area contributed by atoms with Crippen molar-refractivity contribution >= 4 is 37.6 Å². The highest BCUT2D eigenvalue weighted by Gasteiger charge is 2.37. The molecule has 162 valence electrons. The van der Waals surface area contributed by atoms with Gasteiger partial charge in [0.1, 0.15) is 27.8 Å². The summed E-state index contributed by atoms with van der Waals surface area (Å²) >= 11 is 0. The number of ether oxygens (including phenoxy) is 2. The molecule has 1 fully saturated rings. The fourth-order valence-electron chi connectivity index (χ4n) is 4.42. The van der Waals surface area contributed by atoms with Gasteiger partial charge in [0.25, 0.3) is 0 Å². The molecule has 2 N–H and O–H groups in total. The van der Waals surface area contributed by atoms with Crippen LogP contribution in [0.2, 0.25) is 0 Å². The highest BCUT2D eigenvalue weighted by atomic mass is 32.2. The Kier molecular flexibility index (Phi) is 5.69. The molecule has 1 aliphatic heterocycles. The van der Waals surface area contributed by atoms with Gasteiger partial charge in [-0.15, -0.1) is 0 Å². The molecule has 0 aliphatic carbocycles. The second-order valence-corrected chi connectivity index (χ2v) is 10.3. The highest BCUT2D eigenvalue weighted by molar-refractivity contribution is 7.90. The van der Waals surface area contributed by atoms with Gasteiger partial charge in [-0.05, 0) is 25.8 Å². The second kappa shape index (κ2) is 8.13. The number of rotatable bonds is 7. The van der Waals surface area contributed by atoms with Crippen LogP contribution in [0.4, 0.5) is 5.82 Å². The minimum Gasteiger partial charge on any atom is -0.382 e. The third kappa shape index (κ3) is 4.14. The largest absolute Gasteiger partial charge is 0.382 e. The quantitative estimate of drug-likeness (QED) is 0.611. The van der Waals surface area contributed by atoms with Crippen molar-refractivity contribution < 1.29 is 17.9 Å². The van der Waals surface area contributed by atoms with Crippen molar-refractivity contribution in [1.82, 2.24) is 14.5 Å². The molecule has 1 aliphatic rings. The number of pyridine rings is 1. The Morgan fingerprint density at radius 2 is 1.97 bits per heavy atom. The van der Waals surface area contributed by atoms with Crippen LogP contribution in [0.15, 0.2) is 24.3 Å². The standard InChI is InChI=1S/C21H28N4O4S/c1-3-28-12-17-24-18-19(15-6-4-5-7-16(15)23-20(18)22)25(17)13-21(14-30(2,26)27)8-10-29-11-9-21/h4-7H,3,8-14H2,1-2H3,(H2,22,23). The number of hydrogen-bond acceptors (Lipinski definition) is 7. The molecule has 0 radical (unpaired) electrons. The third-order valence-electron chi connectivity index (χ3n) is 5.74. The first-order valence-corrected chi connectivity index (χ1v) is 12.2. The van der Waals surface area contributed by atoms with Gasteiger partial charge in [-0.3, -0.25) is 0 Å². The van der Waals surface area contributed by atoms with Gasteiger partial charge >= 0.3 is 0 Å². The van der Waals surface area contributed by atoms with Crippen LogP contribution in [0.3, 0.4) is 0 Å². The number of nitrogen functional groups attached to an aromatic ring is 1. The molecule has 0 atom stereocenters. The number of fused-ring (bicyclic) bond motifs is 3. The molecule has 0 spiro atoms.